The van der Waals surface area contributed by atoms with Gasteiger partial charge >= 0.3 is 0 Å². The van der Waals surface area contributed by atoms with Gasteiger partial charge in [0.2, 0.25) is 11.9 Å². The minimum Gasteiger partial charge on any atom is -0.328 e. The van der Waals surface area contributed by atoms with Crippen molar-refractivity contribution in [2.24, 2.45) is 0 Å². The first-order valence-corrected chi connectivity index (χ1v) is 8.47. The number of nitrogens with zero attached hydrogens (tertiary/aromatic N) is 3. The Hall–Kier alpha value is -3.22. The predicted molar refractivity (Wildman–Crippen MR) is 99.6 cm³/mol. The van der Waals surface area contributed by atoms with Gasteiger partial charge in [0.15, 0.2) is 0 Å². The number of H-pyrrole nitrogens is 1. The van der Waals surface area contributed by atoms with E-state index in [1.54, 1.807) is 6.07 Å². The smallest absolute Gasteiger partial charge is 0.274 e. The SMILES string of the molecule is CCc1cc(=O)nc(-n2nc(C)cc2NC(=O)Cc2cccc(C)c2)[nH]1. The van der Waals surface area contributed by atoms with Crippen molar-refractivity contribution in [3.63, 3.8) is 0 Å². The van der Waals surface area contributed by atoms with E-state index in [-0.39, 0.29) is 23.8 Å². The molecule has 0 aliphatic heterocycles. The zero-order chi connectivity index (χ0) is 18.7. The van der Waals surface area contributed by atoms with Crippen LogP contribution in [0.25, 0.3) is 5.95 Å². The van der Waals surface area contributed by atoms with E-state index in [9.17, 15) is 9.59 Å². The van der Waals surface area contributed by atoms with Crippen LogP contribution in [0.3, 0.4) is 0 Å². The first-order chi connectivity index (χ1) is 12.4. The molecule has 1 aromatic carbocycles. The number of carbonyl (C=O) groups excluding carboxylic acids is 1. The molecule has 2 aromatic heterocycles. The summed E-state index contributed by atoms with van der Waals surface area (Å²) in [5.74, 6) is 0.593. The molecule has 0 bridgehead atoms. The minimum atomic E-state index is -0.346. The normalized spacial score (nSPS) is 10.7. The lowest BCUT2D eigenvalue weighted by atomic mass is 10.1. The summed E-state index contributed by atoms with van der Waals surface area (Å²) in [6, 6.07) is 11.0. The molecule has 0 radical (unpaired) electrons. The number of benzene rings is 1. The van der Waals surface area contributed by atoms with Crippen molar-refractivity contribution in [1.82, 2.24) is 19.7 Å². The third kappa shape index (κ3) is 4.05. The van der Waals surface area contributed by atoms with Crippen molar-refractivity contribution in [3.05, 3.63) is 69.3 Å². The van der Waals surface area contributed by atoms with Crippen LogP contribution in [0.2, 0.25) is 0 Å². The Morgan fingerprint density at radius 1 is 1.23 bits per heavy atom. The molecule has 1 amide bonds. The maximum absolute atomic E-state index is 12.4. The zero-order valence-corrected chi connectivity index (χ0v) is 15.0. The first-order valence-electron chi connectivity index (χ1n) is 8.47. The molecule has 2 N–H and O–H groups in total. The predicted octanol–water partition coefficient (Wildman–Crippen LogP) is 2.32. The average molecular weight is 351 g/mol. The van der Waals surface area contributed by atoms with Crippen LogP contribution in [0.4, 0.5) is 5.82 Å². The lowest BCUT2D eigenvalue weighted by molar-refractivity contribution is -0.115. The van der Waals surface area contributed by atoms with Crippen molar-refractivity contribution >= 4 is 11.7 Å². The van der Waals surface area contributed by atoms with E-state index < -0.39 is 0 Å². The number of amides is 1. The quantitative estimate of drug-likeness (QED) is 0.738. The van der Waals surface area contributed by atoms with Gasteiger partial charge in [-0.3, -0.25) is 9.59 Å². The lowest BCUT2D eigenvalue weighted by Gasteiger charge is -2.09. The molecule has 0 aliphatic carbocycles. The number of hydrogen-bond donors (Lipinski definition) is 2. The molecular weight excluding hydrogens is 330 g/mol. The highest BCUT2D eigenvalue weighted by molar-refractivity contribution is 5.91. The molecule has 0 saturated carbocycles. The van der Waals surface area contributed by atoms with Gasteiger partial charge in [0.25, 0.3) is 5.56 Å². The lowest BCUT2D eigenvalue weighted by Crippen LogP contribution is -2.20. The summed E-state index contributed by atoms with van der Waals surface area (Å²) in [5, 5.41) is 7.20. The van der Waals surface area contributed by atoms with Gasteiger partial charge < -0.3 is 10.3 Å². The number of rotatable bonds is 5. The highest BCUT2D eigenvalue weighted by Crippen LogP contribution is 2.15. The Morgan fingerprint density at radius 2 is 2.04 bits per heavy atom. The van der Waals surface area contributed by atoms with Gasteiger partial charge in [0.1, 0.15) is 5.82 Å². The summed E-state index contributed by atoms with van der Waals surface area (Å²) in [4.78, 5) is 31.3. The molecular formula is C19H21N5O2. The summed E-state index contributed by atoms with van der Waals surface area (Å²) in [6.45, 7) is 5.74. The second-order valence-electron chi connectivity index (χ2n) is 6.22. The highest BCUT2D eigenvalue weighted by atomic mass is 16.1. The fraction of sp³-hybridized carbons (Fsp3) is 0.263. The topological polar surface area (TPSA) is 92.7 Å². The average Bonchev–Trinajstić information content (AvgIpc) is 2.94. The van der Waals surface area contributed by atoms with Crippen molar-refractivity contribution in [2.75, 3.05) is 5.32 Å². The largest absolute Gasteiger partial charge is 0.328 e. The van der Waals surface area contributed by atoms with Crippen molar-refractivity contribution in [1.29, 1.82) is 0 Å². The third-order valence-electron chi connectivity index (χ3n) is 3.91. The van der Waals surface area contributed by atoms with E-state index >= 15 is 0 Å². The molecule has 0 atom stereocenters. The molecule has 134 valence electrons. The second kappa shape index (κ2) is 7.35. The van der Waals surface area contributed by atoms with Crippen LogP contribution < -0.4 is 10.9 Å². The van der Waals surface area contributed by atoms with Gasteiger partial charge in [0.05, 0.1) is 12.1 Å². The number of aryl methyl sites for hydroxylation is 3. The molecule has 26 heavy (non-hydrogen) atoms. The Labute approximate surface area is 151 Å². The van der Waals surface area contributed by atoms with Gasteiger partial charge in [0, 0.05) is 17.8 Å². The Balaban J connectivity index is 1.86. The molecule has 0 fully saturated rings. The van der Waals surface area contributed by atoms with E-state index in [0.717, 1.165) is 16.8 Å². The van der Waals surface area contributed by atoms with Crippen LogP contribution in [-0.2, 0) is 17.6 Å². The molecule has 7 heteroatoms. The van der Waals surface area contributed by atoms with Gasteiger partial charge in [-0.05, 0) is 25.8 Å². The summed E-state index contributed by atoms with van der Waals surface area (Å²) in [6.07, 6.45) is 0.922. The van der Waals surface area contributed by atoms with E-state index in [1.807, 2.05) is 45.0 Å². The molecule has 3 aromatic rings. The standard InChI is InChI=1S/C19H21N5O2/c1-4-15-11-18(26)22-19(20-15)24-16(9-13(3)23-24)21-17(25)10-14-7-5-6-12(2)8-14/h5-9,11H,4,10H2,1-3H3,(H,21,25)(H,20,22,26). The van der Waals surface area contributed by atoms with Gasteiger partial charge in [-0.15, -0.1) is 0 Å². The maximum Gasteiger partial charge on any atom is 0.274 e. The summed E-state index contributed by atoms with van der Waals surface area (Å²) >= 11 is 0. The molecule has 3 rings (SSSR count). The van der Waals surface area contributed by atoms with E-state index in [1.165, 1.54) is 10.7 Å². The van der Waals surface area contributed by atoms with Crippen LogP contribution in [-0.4, -0.2) is 25.7 Å². The van der Waals surface area contributed by atoms with Gasteiger partial charge in [-0.25, -0.2) is 0 Å². The number of anilines is 1. The monoisotopic (exact) mass is 351 g/mol. The van der Waals surface area contributed by atoms with Crippen LogP contribution in [0.15, 0.2) is 41.2 Å². The molecule has 2 heterocycles. The van der Waals surface area contributed by atoms with Gasteiger partial charge in [-0.2, -0.15) is 14.8 Å². The minimum absolute atomic E-state index is 0.161. The van der Waals surface area contributed by atoms with Crippen LogP contribution in [0, 0.1) is 13.8 Å². The fourth-order valence-electron chi connectivity index (χ4n) is 2.73. The van der Waals surface area contributed by atoms with E-state index in [4.69, 9.17) is 0 Å². The third-order valence-corrected chi connectivity index (χ3v) is 3.91. The molecule has 0 aliphatic rings. The number of carbonyl (C=O) groups is 1. The number of hydrogen-bond acceptors (Lipinski definition) is 4. The van der Waals surface area contributed by atoms with E-state index in [2.05, 4.69) is 20.4 Å². The molecule has 0 spiro atoms. The zero-order valence-electron chi connectivity index (χ0n) is 15.0. The van der Waals surface area contributed by atoms with Crippen LogP contribution in [0.1, 0.15) is 29.4 Å². The molecule has 7 nitrogen and oxygen atoms in total. The Bertz CT molecular complexity index is 1000. The number of nitrogens with one attached hydrogen (secondary N) is 2. The Kier molecular flexibility index (Phi) is 4.97. The summed E-state index contributed by atoms with van der Waals surface area (Å²) in [5.41, 5.74) is 3.16. The van der Waals surface area contributed by atoms with Gasteiger partial charge in [-0.1, -0.05) is 36.8 Å². The summed E-state index contributed by atoms with van der Waals surface area (Å²) < 4.78 is 1.45. The first kappa shape index (κ1) is 17.6. The van der Waals surface area contributed by atoms with Crippen LogP contribution >= 0.6 is 0 Å². The Morgan fingerprint density at radius 3 is 2.77 bits per heavy atom. The van der Waals surface area contributed by atoms with Crippen molar-refractivity contribution < 1.29 is 4.79 Å². The molecule has 0 unspecified atom stereocenters. The maximum atomic E-state index is 12.4. The van der Waals surface area contributed by atoms with E-state index in [0.29, 0.717) is 17.9 Å². The number of aromatic amines is 1. The van der Waals surface area contributed by atoms with Crippen molar-refractivity contribution in [3.8, 4) is 5.95 Å². The summed E-state index contributed by atoms with van der Waals surface area (Å²) in [7, 11) is 0. The second-order valence-corrected chi connectivity index (χ2v) is 6.22. The van der Waals surface area contributed by atoms with Crippen molar-refractivity contribution in [2.45, 2.75) is 33.6 Å². The molecule has 0 saturated heterocycles. The highest BCUT2D eigenvalue weighted by Gasteiger charge is 2.14. The number of aromatic nitrogens is 4. The van der Waals surface area contributed by atoms with Crippen LogP contribution in [0.5, 0.6) is 0 Å². The fourth-order valence-corrected chi connectivity index (χ4v) is 2.73.